The molecule has 2 N–H and O–H groups in total. The number of nitrogens with zero attached hydrogens (tertiary/aromatic N) is 2. The fourth-order valence-corrected chi connectivity index (χ4v) is 2.42. The minimum Gasteiger partial charge on any atom is -0.508 e. The first-order valence-corrected chi connectivity index (χ1v) is 6.69. The molecule has 20 heavy (non-hydrogen) atoms. The Bertz CT molecular complexity index is 615. The minimum atomic E-state index is -0.974. The number of carboxylic acids is 1. The Labute approximate surface area is 117 Å². The van der Waals surface area contributed by atoms with E-state index in [-0.39, 0.29) is 17.2 Å². The zero-order valence-corrected chi connectivity index (χ0v) is 11.6. The van der Waals surface area contributed by atoms with E-state index in [1.807, 2.05) is 13.8 Å². The van der Waals surface area contributed by atoms with E-state index in [0.717, 1.165) is 12.8 Å². The molecule has 0 atom stereocenters. The third-order valence-electron chi connectivity index (χ3n) is 3.48. The van der Waals surface area contributed by atoms with Crippen molar-refractivity contribution in [1.29, 1.82) is 0 Å². The summed E-state index contributed by atoms with van der Waals surface area (Å²) in [4.78, 5) is 11.4. The molecule has 5 nitrogen and oxygen atoms in total. The van der Waals surface area contributed by atoms with Crippen LogP contribution in [0, 0.1) is 0 Å². The Hall–Kier alpha value is -2.30. The summed E-state index contributed by atoms with van der Waals surface area (Å²) in [6.07, 6.45) is 3.04. The van der Waals surface area contributed by atoms with Crippen LogP contribution in [0.3, 0.4) is 0 Å². The van der Waals surface area contributed by atoms with E-state index in [1.54, 1.807) is 28.9 Å². The Kier molecular flexibility index (Phi) is 4.08. The third-order valence-corrected chi connectivity index (χ3v) is 3.48. The van der Waals surface area contributed by atoms with Gasteiger partial charge >= 0.3 is 5.97 Å². The molecule has 106 valence electrons. The highest BCUT2D eigenvalue weighted by atomic mass is 16.4. The number of carboxylic acid groups (broad SMARTS) is 1. The second-order valence-corrected chi connectivity index (χ2v) is 4.69. The highest BCUT2D eigenvalue weighted by Gasteiger charge is 2.23. The number of aromatic nitrogens is 2. The number of benzene rings is 1. The molecule has 2 rings (SSSR count). The molecule has 1 aromatic carbocycles. The summed E-state index contributed by atoms with van der Waals surface area (Å²) in [6, 6.07) is 6.65. The van der Waals surface area contributed by atoms with Gasteiger partial charge in [0.05, 0.1) is 17.6 Å². The largest absolute Gasteiger partial charge is 0.508 e. The lowest BCUT2D eigenvalue weighted by atomic mass is 9.96. The minimum absolute atomic E-state index is 0.117. The molecule has 1 aromatic heterocycles. The van der Waals surface area contributed by atoms with Crippen molar-refractivity contribution in [2.75, 3.05) is 0 Å². The second-order valence-electron chi connectivity index (χ2n) is 4.69. The summed E-state index contributed by atoms with van der Waals surface area (Å²) in [5.41, 5.74) is 1.58. The van der Waals surface area contributed by atoms with Crippen LogP contribution in [0.1, 0.15) is 48.7 Å². The summed E-state index contributed by atoms with van der Waals surface area (Å²) < 4.78 is 1.61. The second kappa shape index (κ2) is 5.77. The number of aromatic hydroxyl groups is 1. The number of hydrogen-bond donors (Lipinski definition) is 2. The average molecular weight is 274 g/mol. The van der Waals surface area contributed by atoms with Crippen molar-refractivity contribution < 1.29 is 15.0 Å². The Morgan fingerprint density at radius 2 is 2.05 bits per heavy atom. The van der Waals surface area contributed by atoms with Gasteiger partial charge in [-0.3, -0.25) is 0 Å². The number of hydrogen-bond acceptors (Lipinski definition) is 3. The number of phenols is 1. The van der Waals surface area contributed by atoms with Crippen LogP contribution in [-0.4, -0.2) is 26.0 Å². The van der Waals surface area contributed by atoms with E-state index >= 15 is 0 Å². The number of carbonyl (C=O) groups is 1. The molecule has 0 spiro atoms. The summed E-state index contributed by atoms with van der Waals surface area (Å²) in [5, 5.41) is 23.1. The first-order valence-electron chi connectivity index (χ1n) is 6.69. The molecule has 2 aromatic rings. The van der Waals surface area contributed by atoms with Gasteiger partial charge in [-0.1, -0.05) is 19.9 Å². The number of phenolic OH excluding ortho intramolecular Hbond substituents is 1. The number of rotatable bonds is 5. The highest BCUT2D eigenvalue weighted by Crippen LogP contribution is 2.29. The molecule has 0 saturated heterocycles. The molecule has 0 amide bonds. The van der Waals surface area contributed by atoms with E-state index < -0.39 is 5.97 Å². The Morgan fingerprint density at radius 3 is 2.60 bits per heavy atom. The van der Waals surface area contributed by atoms with Crippen LogP contribution in [0.2, 0.25) is 0 Å². The first kappa shape index (κ1) is 14.1. The van der Waals surface area contributed by atoms with Crippen LogP contribution in [0.25, 0.3) is 5.69 Å². The van der Waals surface area contributed by atoms with Gasteiger partial charge in [-0.15, -0.1) is 0 Å². The van der Waals surface area contributed by atoms with E-state index in [1.165, 1.54) is 6.20 Å². The molecule has 0 saturated carbocycles. The molecule has 5 heteroatoms. The van der Waals surface area contributed by atoms with Gasteiger partial charge < -0.3 is 10.2 Å². The molecular formula is C15H18N2O3. The van der Waals surface area contributed by atoms with Gasteiger partial charge in [-0.2, -0.15) is 5.10 Å². The summed E-state index contributed by atoms with van der Waals surface area (Å²) in [6.45, 7) is 4.05. The lowest BCUT2D eigenvalue weighted by Crippen LogP contribution is -2.11. The van der Waals surface area contributed by atoms with E-state index in [4.69, 9.17) is 0 Å². The van der Waals surface area contributed by atoms with Gasteiger partial charge in [0, 0.05) is 12.0 Å². The quantitative estimate of drug-likeness (QED) is 0.878. The predicted octanol–water partition coefficient (Wildman–Crippen LogP) is 3.18. The zero-order chi connectivity index (χ0) is 14.7. The van der Waals surface area contributed by atoms with Crippen molar-refractivity contribution in [2.24, 2.45) is 0 Å². The lowest BCUT2D eigenvalue weighted by molar-refractivity contribution is 0.0695. The molecule has 0 aliphatic carbocycles. The van der Waals surface area contributed by atoms with Gasteiger partial charge in [0.25, 0.3) is 0 Å². The van der Waals surface area contributed by atoms with E-state index in [9.17, 15) is 15.0 Å². The van der Waals surface area contributed by atoms with Crippen molar-refractivity contribution in [2.45, 2.75) is 32.6 Å². The SMILES string of the molecule is CCC(CC)c1c(C(=O)O)cnn1-c1cccc(O)c1. The third kappa shape index (κ3) is 2.52. The molecule has 0 unspecified atom stereocenters. The lowest BCUT2D eigenvalue weighted by Gasteiger charge is -2.16. The molecule has 0 fully saturated rings. The van der Waals surface area contributed by atoms with E-state index in [0.29, 0.717) is 11.4 Å². The van der Waals surface area contributed by atoms with Crippen LogP contribution in [0.4, 0.5) is 0 Å². The van der Waals surface area contributed by atoms with Crippen molar-refractivity contribution in [3.63, 3.8) is 0 Å². The van der Waals surface area contributed by atoms with Gasteiger partial charge in [0.1, 0.15) is 11.3 Å². The molecule has 0 aliphatic rings. The fraction of sp³-hybridized carbons (Fsp3) is 0.333. The molecule has 0 bridgehead atoms. The monoisotopic (exact) mass is 274 g/mol. The summed E-state index contributed by atoms with van der Waals surface area (Å²) >= 11 is 0. The normalized spacial score (nSPS) is 10.9. The highest BCUT2D eigenvalue weighted by molar-refractivity contribution is 5.89. The smallest absolute Gasteiger partial charge is 0.339 e. The Morgan fingerprint density at radius 1 is 1.35 bits per heavy atom. The first-order chi connectivity index (χ1) is 9.58. The van der Waals surface area contributed by atoms with Crippen molar-refractivity contribution in [1.82, 2.24) is 9.78 Å². The standard InChI is InChI=1S/C15H18N2O3/c1-3-10(4-2)14-13(15(19)20)9-16-17(14)11-6-5-7-12(18)8-11/h5-10,18H,3-4H2,1-2H3,(H,19,20). The van der Waals surface area contributed by atoms with E-state index in [2.05, 4.69) is 5.10 Å². The van der Waals surface area contributed by atoms with Crippen LogP contribution in [-0.2, 0) is 0 Å². The number of aromatic carboxylic acids is 1. The van der Waals surface area contributed by atoms with Gasteiger partial charge in [0.15, 0.2) is 0 Å². The van der Waals surface area contributed by atoms with Gasteiger partial charge in [-0.25, -0.2) is 9.48 Å². The maximum atomic E-state index is 11.4. The average Bonchev–Trinajstić information content (AvgIpc) is 2.85. The van der Waals surface area contributed by atoms with Crippen LogP contribution in [0.5, 0.6) is 5.75 Å². The topological polar surface area (TPSA) is 75.3 Å². The van der Waals surface area contributed by atoms with Crippen LogP contribution in [0.15, 0.2) is 30.5 Å². The predicted molar refractivity (Wildman–Crippen MR) is 75.5 cm³/mol. The van der Waals surface area contributed by atoms with Crippen LogP contribution >= 0.6 is 0 Å². The summed E-state index contributed by atoms with van der Waals surface area (Å²) in [5.74, 6) is -0.727. The molecule has 0 radical (unpaired) electrons. The van der Waals surface area contributed by atoms with Crippen molar-refractivity contribution in [3.8, 4) is 11.4 Å². The zero-order valence-electron chi connectivity index (χ0n) is 11.6. The van der Waals surface area contributed by atoms with Gasteiger partial charge in [-0.05, 0) is 25.0 Å². The van der Waals surface area contributed by atoms with Crippen LogP contribution < -0.4 is 0 Å². The van der Waals surface area contributed by atoms with Crippen molar-refractivity contribution in [3.05, 3.63) is 41.7 Å². The molecular weight excluding hydrogens is 256 g/mol. The maximum absolute atomic E-state index is 11.4. The van der Waals surface area contributed by atoms with Gasteiger partial charge in [0.2, 0.25) is 0 Å². The Balaban J connectivity index is 2.61. The molecule has 1 heterocycles. The summed E-state index contributed by atoms with van der Waals surface area (Å²) in [7, 11) is 0. The van der Waals surface area contributed by atoms with Crippen molar-refractivity contribution >= 4 is 5.97 Å². The molecule has 0 aliphatic heterocycles. The maximum Gasteiger partial charge on any atom is 0.339 e. The fourth-order valence-electron chi connectivity index (χ4n) is 2.42.